The van der Waals surface area contributed by atoms with Crippen molar-refractivity contribution in [2.24, 2.45) is 5.73 Å². The van der Waals surface area contributed by atoms with Gasteiger partial charge in [-0.25, -0.2) is 8.78 Å². The lowest BCUT2D eigenvalue weighted by atomic mass is 10.0. The summed E-state index contributed by atoms with van der Waals surface area (Å²) < 4.78 is 35.2. The average Bonchev–Trinajstić information content (AvgIpc) is 3.27. The number of fused-ring (bicyclic) bond motifs is 1. The molecule has 4 aromatic rings. The number of aryl methyl sites for hydroxylation is 1. The third-order valence-corrected chi connectivity index (χ3v) is 6.40. The molecule has 6 nitrogen and oxygen atoms in total. The van der Waals surface area contributed by atoms with Crippen molar-refractivity contribution in [3.63, 3.8) is 0 Å². The number of pyridine rings is 1. The Morgan fingerprint density at radius 1 is 1.03 bits per heavy atom. The maximum Gasteiger partial charge on any atom is 0.261 e. The molecule has 1 amide bonds. The number of rotatable bonds is 9. The van der Waals surface area contributed by atoms with Gasteiger partial charge >= 0.3 is 0 Å². The first-order valence-corrected chi connectivity index (χ1v) is 11.8. The van der Waals surface area contributed by atoms with E-state index in [0.717, 1.165) is 5.56 Å². The Kier molecular flexibility index (Phi) is 7.48. The molecular weight excluding hydrogens is 472 g/mol. The van der Waals surface area contributed by atoms with Crippen LogP contribution >= 0.6 is 11.3 Å². The Labute approximate surface area is 204 Å². The number of Topliss-reactive ketones (excluding diaryl/α,β-unsaturated/α-hetero) is 1. The number of hydrogen-bond donors (Lipinski definition) is 2. The van der Waals surface area contributed by atoms with E-state index in [1.54, 1.807) is 36.5 Å². The van der Waals surface area contributed by atoms with E-state index in [0.29, 0.717) is 39.5 Å². The summed E-state index contributed by atoms with van der Waals surface area (Å²) in [5.74, 6) is -0.939. The van der Waals surface area contributed by atoms with E-state index < -0.39 is 11.6 Å². The molecule has 35 heavy (non-hydrogen) atoms. The third kappa shape index (κ3) is 5.87. The SMILES string of the molecule is Cc1ccc(F)c(CC(=O)Cc2ccc(Oc3ccnc4cc(C(=O)NCCN)sc34)cc2F)c1. The van der Waals surface area contributed by atoms with Crippen molar-refractivity contribution < 1.29 is 23.1 Å². The molecule has 2 heterocycles. The van der Waals surface area contributed by atoms with E-state index in [1.807, 2.05) is 6.92 Å². The van der Waals surface area contributed by atoms with Crippen LogP contribution in [0.15, 0.2) is 54.7 Å². The second kappa shape index (κ2) is 10.7. The first-order chi connectivity index (χ1) is 16.8. The van der Waals surface area contributed by atoms with Crippen LogP contribution in [-0.2, 0) is 17.6 Å². The molecule has 3 N–H and O–H groups in total. The number of benzene rings is 2. The van der Waals surface area contributed by atoms with E-state index in [9.17, 15) is 18.4 Å². The highest BCUT2D eigenvalue weighted by Crippen LogP contribution is 2.35. The fourth-order valence-electron chi connectivity index (χ4n) is 3.57. The molecule has 0 atom stereocenters. The summed E-state index contributed by atoms with van der Waals surface area (Å²) in [7, 11) is 0. The van der Waals surface area contributed by atoms with E-state index in [2.05, 4.69) is 10.3 Å². The Hall–Kier alpha value is -3.69. The summed E-state index contributed by atoms with van der Waals surface area (Å²) in [6.07, 6.45) is 1.27. The Morgan fingerprint density at radius 3 is 2.60 bits per heavy atom. The monoisotopic (exact) mass is 495 g/mol. The van der Waals surface area contributed by atoms with Crippen LogP contribution in [0.2, 0.25) is 0 Å². The first kappa shape index (κ1) is 24.4. The van der Waals surface area contributed by atoms with Gasteiger partial charge in [-0.05, 0) is 36.2 Å². The summed E-state index contributed by atoms with van der Waals surface area (Å²) in [6, 6.07) is 12.1. The number of ether oxygens (including phenoxy) is 1. The molecule has 0 saturated heterocycles. The van der Waals surface area contributed by atoms with Crippen LogP contribution in [0.4, 0.5) is 8.78 Å². The van der Waals surface area contributed by atoms with E-state index in [1.165, 1.54) is 29.5 Å². The number of carbonyl (C=O) groups excluding carboxylic acids is 2. The van der Waals surface area contributed by atoms with Crippen LogP contribution in [-0.4, -0.2) is 29.8 Å². The molecule has 0 spiro atoms. The van der Waals surface area contributed by atoms with Gasteiger partial charge in [0, 0.05) is 44.3 Å². The molecule has 9 heteroatoms. The highest BCUT2D eigenvalue weighted by Gasteiger charge is 2.16. The van der Waals surface area contributed by atoms with Crippen LogP contribution in [0.3, 0.4) is 0 Å². The fourth-order valence-corrected chi connectivity index (χ4v) is 4.55. The third-order valence-electron chi connectivity index (χ3n) is 5.26. The van der Waals surface area contributed by atoms with Crippen molar-refractivity contribution in [2.75, 3.05) is 13.1 Å². The number of nitrogens with one attached hydrogen (secondary N) is 1. The van der Waals surface area contributed by atoms with Crippen molar-refractivity contribution in [1.82, 2.24) is 10.3 Å². The normalized spacial score (nSPS) is 11.0. The van der Waals surface area contributed by atoms with Gasteiger partial charge in [-0.15, -0.1) is 11.3 Å². The number of hydrogen-bond acceptors (Lipinski definition) is 6. The number of thiophene rings is 1. The maximum absolute atomic E-state index is 14.8. The molecule has 4 rings (SSSR count). The van der Waals surface area contributed by atoms with Gasteiger partial charge in [-0.1, -0.05) is 23.8 Å². The highest BCUT2D eigenvalue weighted by atomic mass is 32.1. The lowest BCUT2D eigenvalue weighted by molar-refractivity contribution is -0.117. The highest BCUT2D eigenvalue weighted by molar-refractivity contribution is 7.21. The number of carbonyl (C=O) groups is 2. The van der Waals surface area contributed by atoms with Crippen LogP contribution in [0.1, 0.15) is 26.4 Å². The van der Waals surface area contributed by atoms with Crippen LogP contribution in [0.5, 0.6) is 11.5 Å². The van der Waals surface area contributed by atoms with Crippen molar-refractivity contribution in [1.29, 1.82) is 0 Å². The lowest BCUT2D eigenvalue weighted by Crippen LogP contribution is -2.28. The van der Waals surface area contributed by atoms with Gasteiger partial charge in [0.15, 0.2) is 0 Å². The zero-order valence-corrected chi connectivity index (χ0v) is 19.8. The van der Waals surface area contributed by atoms with Gasteiger partial charge in [0.05, 0.1) is 15.1 Å². The van der Waals surface area contributed by atoms with E-state index in [4.69, 9.17) is 10.5 Å². The topological polar surface area (TPSA) is 94.3 Å². The average molecular weight is 496 g/mol. The largest absolute Gasteiger partial charge is 0.456 e. The standard InChI is InChI=1S/C26H23F2N3O3S/c1-15-2-5-20(27)17(10-15)12-18(32)11-16-3-4-19(13-21(16)28)34-23-6-8-30-22-14-24(35-25(22)23)26(33)31-9-7-29/h2-6,8,10,13-14H,7,9,11-12,29H2,1H3,(H,31,33). The van der Waals surface area contributed by atoms with Gasteiger partial charge in [0.1, 0.15) is 28.9 Å². The summed E-state index contributed by atoms with van der Waals surface area (Å²) >= 11 is 1.21. The molecule has 0 fully saturated rings. The number of halogens is 2. The van der Waals surface area contributed by atoms with Gasteiger partial charge in [0.25, 0.3) is 5.91 Å². The molecule has 0 aliphatic heterocycles. The zero-order valence-electron chi connectivity index (χ0n) is 18.9. The number of aromatic nitrogens is 1. The summed E-state index contributed by atoms with van der Waals surface area (Å²) in [5, 5.41) is 2.71. The molecular formula is C26H23F2N3O3S. The Balaban J connectivity index is 1.48. The summed E-state index contributed by atoms with van der Waals surface area (Å²) in [5.41, 5.74) is 7.35. The smallest absolute Gasteiger partial charge is 0.261 e. The second-order valence-electron chi connectivity index (χ2n) is 8.02. The summed E-state index contributed by atoms with van der Waals surface area (Å²) in [4.78, 5) is 29.4. The lowest BCUT2D eigenvalue weighted by Gasteiger charge is -2.09. The van der Waals surface area contributed by atoms with Crippen molar-refractivity contribution >= 4 is 33.2 Å². The minimum atomic E-state index is -0.598. The van der Waals surface area contributed by atoms with Crippen molar-refractivity contribution in [2.45, 2.75) is 19.8 Å². The fraction of sp³-hybridized carbons (Fsp3) is 0.192. The summed E-state index contributed by atoms with van der Waals surface area (Å²) in [6.45, 7) is 2.51. The minimum absolute atomic E-state index is 0.111. The molecule has 0 saturated carbocycles. The molecule has 0 radical (unpaired) electrons. The number of amides is 1. The number of nitrogens with two attached hydrogens (primary N) is 1. The van der Waals surface area contributed by atoms with E-state index in [-0.39, 0.29) is 35.8 Å². The van der Waals surface area contributed by atoms with Gasteiger partial charge in [-0.3, -0.25) is 14.6 Å². The quantitative estimate of drug-likeness (QED) is 0.351. The van der Waals surface area contributed by atoms with Gasteiger partial charge < -0.3 is 15.8 Å². The molecule has 0 aliphatic rings. The van der Waals surface area contributed by atoms with Crippen molar-refractivity contribution in [3.8, 4) is 11.5 Å². The van der Waals surface area contributed by atoms with Crippen LogP contribution in [0.25, 0.3) is 10.2 Å². The second-order valence-corrected chi connectivity index (χ2v) is 9.07. The predicted molar refractivity (Wildman–Crippen MR) is 131 cm³/mol. The molecule has 2 aromatic carbocycles. The Bertz CT molecular complexity index is 1400. The molecule has 0 unspecified atom stereocenters. The molecule has 0 aliphatic carbocycles. The molecule has 180 valence electrons. The number of ketones is 1. The van der Waals surface area contributed by atoms with Gasteiger partial charge in [0.2, 0.25) is 0 Å². The zero-order chi connectivity index (χ0) is 24.9. The van der Waals surface area contributed by atoms with Crippen LogP contribution in [0, 0.1) is 18.6 Å². The minimum Gasteiger partial charge on any atom is -0.456 e. The Morgan fingerprint density at radius 2 is 1.83 bits per heavy atom. The van der Waals surface area contributed by atoms with Crippen molar-refractivity contribution in [3.05, 3.63) is 87.9 Å². The van der Waals surface area contributed by atoms with Gasteiger partial charge in [-0.2, -0.15) is 0 Å². The first-order valence-electron chi connectivity index (χ1n) is 10.9. The molecule has 2 aromatic heterocycles. The predicted octanol–water partition coefficient (Wildman–Crippen LogP) is 4.72. The maximum atomic E-state index is 14.8. The molecule has 0 bridgehead atoms. The number of nitrogens with zero attached hydrogens (tertiary/aromatic N) is 1. The van der Waals surface area contributed by atoms with E-state index >= 15 is 0 Å². The van der Waals surface area contributed by atoms with Crippen LogP contribution < -0.4 is 15.8 Å².